The minimum atomic E-state index is -1.12. The van der Waals surface area contributed by atoms with Crippen molar-refractivity contribution in [3.8, 4) is 0 Å². The van der Waals surface area contributed by atoms with Gasteiger partial charge in [0.25, 0.3) is 5.56 Å². The van der Waals surface area contributed by atoms with E-state index in [9.17, 15) is 9.59 Å². The van der Waals surface area contributed by atoms with Gasteiger partial charge in [-0.1, -0.05) is 30.3 Å². The molecule has 2 aromatic rings. The average molecular weight is 308 g/mol. The van der Waals surface area contributed by atoms with Crippen molar-refractivity contribution >= 4 is 21.9 Å². The first-order valence-corrected chi connectivity index (χ1v) is 6.04. The molecule has 0 bridgehead atoms. The average Bonchev–Trinajstić information content (AvgIpc) is 2.34. The summed E-state index contributed by atoms with van der Waals surface area (Å²) in [5.74, 6) is -1.12. The Labute approximate surface area is 112 Å². The van der Waals surface area contributed by atoms with Crippen LogP contribution in [0.15, 0.2) is 51.9 Å². The number of benzene rings is 1. The van der Waals surface area contributed by atoms with Crippen LogP contribution in [-0.4, -0.2) is 15.6 Å². The molecule has 2 rings (SSSR count). The van der Waals surface area contributed by atoms with E-state index in [2.05, 4.69) is 15.9 Å². The zero-order chi connectivity index (χ0) is 13.1. The van der Waals surface area contributed by atoms with Crippen molar-refractivity contribution in [2.75, 3.05) is 0 Å². The summed E-state index contributed by atoms with van der Waals surface area (Å²) >= 11 is 3.15. The van der Waals surface area contributed by atoms with Gasteiger partial charge in [-0.15, -0.1) is 0 Å². The Hall–Kier alpha value is -1.88. The summed E-state index contributed by atoms with van der Waals surface area (Å²) in [6.45, 7) is 0.415. The third-order valence-corrected chi connectivity index (χ3v) is 3.14. The Morgan fingerprint density at radius 3 is 2.56 bits per heavy atom. The second-order valence-electron chi connectivity index (χ2n) is 3.79. The molecule has 0 fully saturated rings. The molecule has 5 heteroatoms. The number of pyridine rings is 1. The molecule has 18 heavy (non-hydrogen) atoms. The van der Waals surface area contributed by atoms with Gasteiger partial charge in [-0.05, 0) is 21.5 Å². The lowest BCUT2D eigenvalue weighted by atomic mass is 10.2. The molecule has 0 atom stereocenters. The number of rotatable bonds is 3. The van der Waals surface area contributed by atoms with E-state index in [1.165, 1.54) is 10.8 Å². The van der Waals surface area contributed by atoms with Crippen LogP contribution in [0.2, 0.25) is 0 Å². The second kappa shape index (κ2) is 5.18. The third-order valence-electron chi connectivity index (χ3n) is 2.50. The van der Waals surface area contributed by atoms with E-state index in [4.69, 9.17) is 5.11 Å². The highest BCUT2D eigenvalue weighted by atomic mass is 79.9. The van der Waals surface area contributed by atoms with Gasteiger partial charge in [0, 0.05) is 16.7 Å². The first-order chi connectivity index (χ1) is 8.58. The van der Waals surface area contributed by atoms with Crippen molar-refractivity contribution in [3.63, 3.8) is 0 Å². The van der Waals surface area contributed by atoms with Crippen molar-refractivity contribution in [3.05, 3.63) is 68.5 Å². The molecular formula is C13H10BrNO3. The van der Waals surface area contributed by atoms with Gasteiger partial charge in [-0.3, -0.25) is 4.79 Å². The van der Waals surface area contributed by atoms with Gasteiger partial charge in [0.05, 0.1) is 12.1 Å². The normalized spacial score (nSPS) is 10.3. The molecule has 0 aliphatic rings. The van der Waals surface area contributed by atoms with Crippen LogP contribution in [0.4, 0.5) is 0 Å². The van der Waals surface area contributed by atoms with E-state index in [0.29, 0.717) is 11.0 Å². The molecule has 0 aliphatic carbocycles. The predicted molar refractivity (Wildman–Crippen MR) is 70.9 cm³/mol. The van der Waals surface area contributed by atoms with E-state index in [1.54, 1.807) is 0 Å². The van der Waals surface area contributed by atoms with Crippen LogP contribution in [-0.2, 0) is 6.54 Å². The number of hydrogen-bond donors (Lipinski definition) is 1. The van der Waals surface area contributed by atoms with Gasteiger partial charge < -0.3 is 9.67 Å². The highest BCUT2D eigenvalue weighted by Gasteiger charge is 2.11. The van der Waals surface area contributed by atoms with Gasteiger partial charge in [-0.25, -0.2) is 4.79 Å². The van der Waals surface area contributed by atoms with Gasteiger partial charge in [0.15, 0.2) is 0 Å². The molecule has 0 saturated carbocycles. The summed E-state index contributed by atoms with van der Waals surface area (Å²) in [5.41, 5.74) is 0.623. The molecule has 92 valence electrons. The summed E-state index contributed by atoms with van der Waals surface area (Å²) in [6.07, 6.45) is 1.50. The Bertz CT molecular complexity index is 634. The fourth-order valence-corrected chi connectivity index (χ4v) is 2.14. The molecule has 0 unspecified atom stereocenters. The zero-order valence-corrected chi connectivity index (χ0v) is 10.9. The lowest BCUT2D eigenvalue weighted by Crippen LogP contribution is -2.21. The summed E-state index contributed by atoms with van der Waals surface area (Å²) in [6, 6.07) is 10.6. The molecule has 0 spiro atoms. The monoisotopic (exact) mass is 307 g/mol. The van der Waals surface area contributed by atoms with Gasteiger partial charge in [0.1, 0.15) is 0 Å². The molecular weight excluding hydrogens is 298 g/mol. The van der Waals surface area contributed by atoms with E-state index in [-0.39, 0.29) is 11.1 Å². The fourth-order valence-electron chi connectivity index (χ4n) is 1.61. The number of aromatic nitrogens is 1. The Morgan fingerprint density at radius 2 is 1.94 bits per heavy atom. The number of carboxylic acid groups (broad SMARTS) is 1. The van der Waals surface area contributed by atoms with Crippen LogP contribution >= 0.6 is 15.9 Å². The Kier molecular flexibility index (Phi) is 3.62. The van der Waals surface area contributed by atoms with E-state index >= 15 is 0 Å². The molecule has 0 amide bonds. The van der Waals surface area contributed by atoms with Crippen molar-refractivity contribution in [2.24, 2.45) is 0 Å². The van der Waals surface area contributed by atoms with Crippen LogP contribution in [0.25, 0.3) is 0 Å². The number of carbonyl (C=O) groups is 1. The molecule has 1 heterocycles. The topological polar surface area (TPSA) is 59.3 Å². The van der Waals surface area contributed by atoms with Crippen LogP contribution in [0.5, 0.6) is 0 Å². The maximum Gasteiger partial charge on any atom is 0.337 e. The maximum atomic E-state index is 11.8. The molecule has 0 radical (unpaired) electrons. The minimum absolute atomic E-state index is 0.0238. The van der Waals surface area contributed by atoms with Crippen molar-refractivity contribution < 1.29 is 9.90 Å². The lowest BCUT2D eigenvalue weighted by molar-refractivity contribution is 0.0695. The zero-order valence-electron chi connectivity index (χ0n) is 9.34. The molecule has 1 aromatic heterocycles. The van der Waals surface area contributed by atoms with Gasteiger partial charge >= 0.3 is 5.97 Å². The van der Waals surface area contributed by atoms with E-state index < -0.39 is 5.97 Å². The smallest absolute Gasteiger partial charge is 0.337 e. The Morgan fingerprint density at radius 1 is 1.28 bits per heavy atom. The summed E-state index contributed by atoms with van der Waals surface area (Å²) in [5, 5.41) is 8.89. The Balaban J connectivity index is 2.39. The van der Waals surface area contributed by atoms with Crippen molar-refractivity contribution in [1.29, 1.82) is 0 Å². The lowest BCUT2D eigenvalue weighted by Gasteiger charge is -2.07. The second-order valence-corrected chi connectivity index (χ2v) is 4.65. The summed E-state index contributed by atoms with van der Waals surface area (Å²) < 4.78 is 1.86. The van der Waals surface area contributed by atoms with Crippen LogP contribution in [0.3, 0.4) is 0 Å². The third kappa shape index (κ3) is 2.68. The van der Waals surface area contributed by atoms with Gasteiger partial charge in [-0.2, -0.15) is 0 Å². The first-order valence-electron chi connectivity index (χ1n) is 5.25. The predicted octanol–water partition coefficient (Wildman–Crippen LogP) is 2.36. The SMILES string of the molecule is O=C(O)c1cc(=O)n(Cc2ccccc2)cc1Br. The molecule has 1 aromatic carbocycles. The van der Waals surface area contributed by atoms with Gasteiger partial charge in [0.2, 0.25) is 0 Å². The van der Waals surface area contributed by atoms with E-state index in [0.717, 1.165) is 11.6 Å². The fraction of sp³-hybridized carbons (Fsp3) is 0.0769. The first kappa shape index (κ1) is 12.6. The van der Waals surface area contributed by atoms with Crippen LogP contribution in [0, 0.1) is 0 Å². The number of aromatic carboxylic acids is 1. The van der Waals surface area contributed by atoms with Crippen molar-refractivity contribution in [1.82, 2.24) is 4.57 Å². The standard InChI is InChI=1S/C13H10BrNO3/c14-11-8-15(7-9-4-2-1-3-5-9)12(16)6-10(11)13(17)18/h1-6,8H,7H2,(H,17,18). The number of hydrogen-bond acceptors (Lipinski definition) is 2. The number of nitrogens with zero attached hydrogens (tertiary/aromatic N) is 1. The maximum absolute atomic E-state index is 11.8. The molecule has 1 N–H and O–H groups in total. The largest absolute Gasteiger partial charge is 0.478 e. The highest BCUT2D eigenvalue weighted by Crippen LogP contribution is 2.14. The highest BCUT2D eigenvalue weighted by molar-refractivity contribution is 9.10. The van der Waals surface area contributed by atoms with Crippen LogP contribution in [0.1, 0.15) is 15.9 Å². The molecule has 4 nitrogen and oxygen atoms in total. The summed E-state index contributed by atoms with van der Waals surface area (Å²) in [7, 11) is 0. The number of carboxylic acids is 1. The molecule has 0 aliphatic heterocycles. The van der Waals surface area contributed by atoms with Crippen LogP contribution < -0.4 is 5.56 Å². The van der Waals surface area contributed by atoms with E-state index in [1.807, 2.05) is 30.3 Å². The summed E-state index contributed by atoms with van der Waals surface area (Å²) in [4.78, 5) is 22.6. The van der Waals surface area contributed by atoms with Crippen molar-refractivity contribution in [2.45, 2.75) is 6.54 Å². The quantitative estimate of drug-likeness (QED) is 0.947. The number of halogens is 1. The molecule has 0 saturated heterocycles. The minimum Gasteiger partial charge on any atom is -0.478 e.